The summed E-state index contributed by atoms with van der Waals surface area (Å²) < 4.78 is 36.4. The summed E-state index contributed by atoms with van der Waals surface area (Å²) in [4.78, 5) is 12.6. The molecule has 0 fully saturated rings. The van der Waals surface area contributed by atoms with Gasteiger partial charge in [0.1, 0.15) is 11.5 Å². The average Bonchev–Trinajstić information content (AvgIpc) is 2.62. The highest BCUT2D eigenvalue weighted by Crippen LogP contribution is 2.25. The van der Waals surface area contributed by atoms with Crippen molar-refractivity contribution in [2.75, 3.05) is 26.6 Å². The van der Waals surface area contributed by atoms with E-state index in [1.807, 2.05) is 0 Å². The molecule has 2 aromatic rings. The second kappa shape index (κ2) is 7.54. The third kappa shape index (κ3) is 4.28. The van der Waals surface area contributed by atoms with Crippen LogP contribution in [0.15, 0.2) is 41.3 Å². The number of carbonyl (C=O) groups is 1. The molecule has 0 unspecified atom stereocenters. The van der Waals surface area contributed by atoms with Crippen LogP contribution in [0.2, 0.25) is 0 Å². The second-order valence-corrected chi connectivity index (χ2v) is 7.13. The van der Waals surface area contributed by atoms with Gasteiger partial charge in [-0.15, -0.1) is 0 Å². The van der Waals surface area contributed by atoms with E-state index in [0.29, 0.717) is 22.7 Å². The molecule has 0 spiro atoms. The molecular formula is C17H20N2O5S. The van der Waals surface area contributed by atoms with Crippen LogP contribution >= 0.6 is 0 Å². The molecule has 0 radical (unpaired) electrons. The van der Waals surface area contributed by atoms with E-state index >= 15 is 0 Å². The Morgan fingerprint density at radius 2 is 1.60 bits per heavy atom. The van der Waals surface area contributed by atoms with Gasteiger partial charge in [0, 0.05) is 17.3 Å². The Balaban J connectivity index is 2.36. The maximum absolute atomic E-state index is 12.5. The summed E-state index contributed by atoms with van der Waals surface area (Å²) in [6.07, 6.45) is 0. The zero-order valence-electron chi connectivity index (χ0n) is 14.4. The van der Waals surface area contributed by atoms with Crippen LogP contribution in [0.1, 0.15) is 15.9 Å². The van der Waals surface area contributed by atoms with E-state index in [2.05, 4.69) is 10.0 Å². The number of sulfonamides is 1. The van der Waals surface area contributed by atoms with Gasteiger partial charge < -0.3 is 14.8 Å². The molecule has 8 heteroatoms. The van der Waals surface area contributed by atoms with Gasteiger partial charge in [-0.3, -0.25) is 4.79 Å². The number of anilines is 1. The average molecular weight is 364 g/mol. The molecule has 2 rings (SSSR count). The molecule has 2 N–H and O–H groups in total. The van der Waals surface area contributed by atoms with Crippen molar-refractivity contribution in [3.8, 4) is 11.5 Å². The molecule has 0 aromatic heterocycles. The number of hydrogen-bond donors (Lipinski definition) is 2. The molecule has 7 nitrogen and oxygen atoms in total. The standard InChI is InChI=1S/C17H20N2O5S/c1-11-5-6-15(25(21,22)18-2)10-16(11)19-17(20)12-7-13(23-3)9-14(8-12)24-4/h5-10,18H,1-4H3,(H,19,20). The zero-order valence-corrected chi connectivity index (χ0v) is 15.2. The maximum Gasteiger partial charge on any atom is 0.255 e. The smallest absolute Gasteiger partial charge is 0.255 e. The van der Waals surface area contributed by atoms with E-state index in [4.69, 9.17) is 9.47 Å². The number of ether oxygens (including phenoxy) is 2. The van der Waals surface area contributed by atoms with Gasteiger partial charge in [-0.2, -0.15) is 0 Å². The molecule has 2 aromatic carbocycles. The number of amides is 1. The highest BCUT2D eigenvalue weighted by molar-refractivity contribution is 7.89. The Morgan fingerprint density at radius 1 is 1.00 bits per heavy atom. The lowest BCUT2D eigenvalue weighted by molar-refractivity contribution is 0.102. The van der Waals surface area contributed by atoms with Gasteiger partial charge in [0.05, 0.1) is 19.1 Å². The molecule has 0 saturated carbocycles. The Bertz CT molecular complexity index is 872. The lowest BCUT2D eigenvalue weighted by atomic mass is 10.1. The first-order valence-corrected chi connectivity index (χ1v) is 8.87. The Labute approximate surface area is 147 Å². The predicted octanol–water partition coefficient (Wildman–Crippen LogP) is 2.17. The van der Waals surface area contributed by atoms with Crippen molar-refractivity contribution in [2.45, 2.75) is 11.8 Å². The molecule has 0 aliphatic carbocycles. The number of benzene rings is 2. The number of rotatable bonds is 6. The largest absolute Gasteiger partial charge is 0.497 e. The Kier molecular flexibility index (Phi) is 5.66. The molecule has 1 amide bonds. The van der Waals surface area contributed by atoms with Crippen LogP contribution in [0.4, 0.5) is 5.69 Å². The normalized spacial score (nSPS) is 11.0. The van der Waals surface area contributed by atoms with E-state index in [-0.39, 0.29) is 4.90 Å². The number of nitrogens with one attached hydrogen (secondary N) is 2. The van der Waals surface area contributed by atoms with Crippen LogP contribution in [-0.4, -0.2) is 35.6 Å². The third-order valence-electron chi connectivity index (χ3n) is 3.65. The monoisotopic (exact) mass is 364 g/mol. The highest BCUT2D eigenvalue weighted by atomic mass is 32.2. The molecule has 134 valence electrons. The van der Waals surface area contributed by atoms with Gasteiger partial charge in [0.2, 0.25) is 10.0 Å². The fourth-order valence-corrected chi connectivity index (χ4v) is 2.91. The summed E-state index contributed by atoms with van der Waals surface area (Å²) in [5.74, 6) is 0.555. The van der Waals surface area contributed by atoms with E-state index in [1.54, 1.807) is 31.2 Å². The molecule has 0 saturated heterocycles. The third-order valence-corrected chi connectivity index (χ3v) is 5.06. The summed E-state index contributed by atoms with van der Waals surface area (Å²) in [6.45, 7) is 1.78. The lowest BCUT2D eigenvalue weighted by Crippen LogP contribution is -2.19. The Morgan fingerprint density at radius 3 is 2.12 bits per heavy atom. The van der Waals surface area contributed by atoms with Crippen LogP contribution in [-0.2, 0) is 10.0 Å². The van der Waals surface area contributed by atoms with Gasteiger partial charge in [0.15, 0.2) is 0 Å². The number of methoxy groups -OCH3 is 2. The Hall–Kier alpha value is -2.58. The minimum atomic E-state index is -3.60. The first-order valence-electron chi connectivity index (χ1n) is 7.39. The quantitative estimate of drug-likeness (QED) is 0.819. The number of aryl methyl sites for hydroxylation is 1. The second-order valence-electron chi connectivity index (χ2n) is 5.24. The van der Waals surface area contributed by atoms with Gasteiger partial charge >= 0.3 is 0 Å². The van der Waals surface area contributed by atoms with Crippen LogP contribution in [0.25, 0.3) is 0 Å². The SMILES string of the molecule is CNS(=O)(=O)c1ccc(C)c(NC(=O)c2cc(OC)cc(OC)c2)c1. The van der Waals surface area contributed by atoms with Gasteiger partial charge in [-0.25, -0.2) is 13.1 Å². The first-order chi connectivity index (χ1) is 11.8. The molecule has 0 atom stereocenters. The minimum absolute atomic E-state index is 0.0686. The number of carbonyl (C=O) groups excluding carboxylic acids is 1. The molecule has 0 aliphatic heterocycles. The summed E-state index contributed by atoms with van der Waals surface area (Å²) >= 11 is 0. The topological polar surface area (TPSA) is 93.7 Å². The number of hydrogen-bond acceptors (Lipinski definition) is 5. The summed E-state index contributed by atoms with van der Waals surface area (Å²) in [5.41, 5.74) is 1.47. The summed E-state index contributed by atoms with van der Waals surface area (Å²) in [5, 5.41) is 2.72. The van der Waals surface area contributed by atoms with Crippen LogP contribution < -0.4 is 19.5 Å². The van der Waals surface area contributed by atoms with Crippen molar-refractivity contribution in [3.05, 3.63) is 47.5 Å². The van der Waals surface area contributed by atoms with Crippen molar-refractivity contribution in [1.29, 1.82) is 0 Å². The fourth-order valence-electron chi connectivity index (χ4n) is 2.15. The van der Waals surface area contributed by atoms with E-state index in [0.717, 1.165) is 5.56 Å². The van der Waals surface area contributed by atoms with Gasteiger partial charge in [-0.05, 0) is 43.8 Å². The molecule has 0 aliphatic rings. The zero-order chi connectivity index (χ0) is 18.6. The molecular weight excluding hydrogens is 344 g/mol. The van der Waals surface area contributed by atoms with Gasteiger partial charge in [0.25, 0.3) is 5.91 Å². The van der Waals surface area contributed by atoms with E-state index in [1.165, 1.54) is 33.4 Å². The van der Waals surface area contributed by atoms with Crippen molar-refractivity contribution in [1.82, 2.24) is 4.72 Å². The maximum atomic E-state index is 12.5. The van der Waals surface area contributed by atoms with Crippen LogP contribution in [0, 0.1) is 6.92 Å². The first kappa shape index (κ1) is 18.8. The van der Waals surface area contributed by atoms with Crippen molar-refractivity contribution >= 4 is 21.6 Å². The van der Waals surface area contributed by atoms with Crippen molar-refractivity contribution in [3.63, 3.8) is 0 Å². The summed E-state index contributed by atoms with van der Waals surface area (Å²) in [7, 11) is 0.714. The van der Waals surface area contributed by atoms with Crippen molar-refractivity contribution in [2.24, 2.45) is 0 Å². The van der Waals surface area contributed by atoms with Crippen LogP contribution in [0.5, 0.6) is 11.5 Å². The molecule has 25 heavy (non-hydrogen) atoms. The van der Waals surface area contributed by atoms with Crippen molar-refractivity contribution < 1.29 is 22.7 Å². The highest BCUT2D eigenvalue weighted by Gasteiger charge is 2.15. The van der Waals surface area contributed by atoms with Gasteiger partial charge in [-0.1, -0.05) is 6.07 Å². The summed E-state index contributed by atoms with van der Waals surface area (Å²) in [6, 6.07) is 9.32. The predicted molar refractivity (Wildman–Crippen MR) is 94.9 cm³/mol. The van der Waals surface area contributed by atoms with E-state index in [9.17, 15) is 13.2 Å². The minimum Gasteiger partial charge on any atom is -0.497 e. The fraction of sp³-hybridized carbons (Fsp3) is 0.235. The van der Waals surface area contributed by atoms with E-state index < -0.39 is 15.9 Å². The lowest BCUT2D eigenvalue weighted by Gasteiger charge is -2.12. The molecule has 0 heterocycles. The molecule has 0 bridgehead atoms. The van der Waals surface area contributed by atoms with Crippen LogP contribution in [0.3, 0.4) is 0 Å².